The molecule has 0 aliphatic carbocycles. The van der Waals surface area contributed by atoms with Gasteiger partial charge in [0.1, 0.15) is 6.54 Å². The van der Waals surface area contributed by atoms with Crippen molar-refractivity contribution < 1.29 is 9.90 Å². The zero-order valence-corrected chi connectivity index (χ0v) is 12.7. The fraction of sp³-hybridized carbons (Fsp3) is 0.538. The molecule has 0 saturated carbocycles. The van der Waals surface area contributed by atoms with Gasteiger partial charge in [-0.05, 0) is 34.8 Å². The van der Waals surface area contributed by atoms with E-state index in [2.05, 4.69) is 21.2 Å². The molecule has 0 aliphatic rings. The summed E-state index contributed by atoms with van der Waals surface area (Å²) in [5.74, 6) is -0.280. The Labute approximate surface area is 120 Å². The van der Waals surface area contributed by atoms with Gasteiger partial charge in [-0.25, -0.2) is 0 Å². The van der Waals surface area contributed by atoms with Crippen LogP contribution in [0.25, 0.3) is 0 Å². The Hall–Kier alpha value is -1.14. The summed E-state index contributed by atoms with van der Waals surface area (Å²) in [6, 6.07) is 3.03. The summed E-state index contributed by atoms with van der Waals surface area (Å²) in [6.07, 6.45) is 2.85. The van der Waals surface area contributed by atoms with Gasteiger partial charge in [-0.1, -0.05) is 13.8 Å². The largest absolute Gasteiger partial charge is 0.394 e. The topological polar surface area (TPSA) is 71.3 Å². The first-order chi connectivity index (χ1) is 8.96. The average molecular weight is 331 g/mol. The summed E-state index contributed by atoms with van der Waals surface area (Å²) in [6.45, 7) is 3.65. The van der Waals surface area contributed by atoms with Crippen LogP contribution in [0.3, 0.4) is 0 Å². The number of pyridine rings is 1. The van der Waals surface area contributed by atoms with Crippen molar-refractivity contribution in [3.8, 4) is 0 Å². The normalized spacial score (nSPS) is 11.4. The molecule has 0 aliphatic heterocycles. The molecule has 0 atom stereocenters. The highest BCUT2D eigenvalue weighted by Crippen LogP contribution is 2.14. The quantitative estimate of drug-likeness (QED) is 0.825. The highest BCUT2D eigenvalue weighted by molar-refractivity contribution is 9.10. The van der Waals surface area contributed by atoms with Crippen molar-refractivity contribution in [3.63, 3.8) is 0 Å². The number of nitrogens with one attached hydrogen (secondary N) is 1. The van der Waals surface area contributed by atoms with E-state index >= 15 is 0 Å². The Morgan fingerprint density at radius 3 is 2.58 bits per heavy atom. The lowest BCUT2D eigenvalue weighted by atomic mass is 9.94. The summed E-state index contributed by atoms with van der Waals surface area (Å²) in [4.78, 5) is 23.6. The lowest BCUT2D eigenvalue weighted by molar-refractivity contribution is -0.124. The van der Waals surface area contributed by atoms with Crippen molar-refractivity contribution in [1.82, 2.24) is 9.88 Å². The molecule has 0 saturated heterocycles. The molecular formula is C13H19BrN2O3. The van der Waals surface area contributed by atoms with Crippen molar-refractivity contribution in [3.05, 3.63) is 33.2 Å². The highest BCUT2D eigenvalue weighted by atomic mass is 79.9. The fourth-order valence-electron chi connectivity index (χ4n) is 1.81. The minimum absolute atomic E-state index is 0.0555. The number of hydrogen-bond donors (Lipinski definition) is 2. The van der Waals surface area contributed by atoms with Gasteiger partial charge in [0, 0.05) is 16.7 Å². The van der Waals surface area contributed by atoms with E-state index in [1.54, 1.807) is 12.3 Å². The molecule has 2 N–H and O–H groups in total. The van der Waals surface area contributed by atoms with Crippen molar-refractivity contribution in [2.24, 2.45) is 0 Å². The first kappa shape index (κ1) is 15.9. The van der Waals surface area contributed by atoms with Gasteiger partial charge in [-0.2, -0.15) is 0 Å². The van der Waals surface area contributed by atoms with Gasteiger partial charge < -0.3 is 15.0 Å². The Bertz CT molecular complexity index is 487. The average Bonchev–Trinajstić information content (AvgIpc) is 2.40. The number of nitrogens with zero attached hydrogens (tertiary/aromatic N) is 1. The second kappa shape index (κ2) is 6.86. The van der Waals surface area contributed by atoms with Gasteiger partial charge in [0.25, 0.3) is 5.56 Å². The van der Waals surface area contributed by atoms with Crippen molar-refractivity contribution in [1.29, 1.82) is 0 Å². The Morgan fingerprint density at radius 1 is 1.42 bits per heavy atom. The van der Waals surface area contributed by atoms with Crippen LogP contribution in [0.5, 0.6) is 0 Å². The second-order valence-electron chi connectivity index (χ2n) is 4.51. The van der Waals surface area contributed by atoms with Crippen LogP contribution in [0.4, 0.5) is 0 Å². The Kier molecular flexibility index (Phi) is 5.75. The predicted molar refractivity (Wildman–Crippen MR) is 76.9 cm³/mol. The van der Waals surface area contributed by atoms with E-state index in [1.165, 1.54) is 10.6 Å². The molecule has 1 amide bonds. The van der Waals surface area contributed by atoms with Crippen LogP contribution in [-0.2, 0) is 11.3 Å². The van der Waals surface area contributed by atoms with Crippen molar-refractivity contribution in [2.45, 2.75) is 38.8 Å². The van der Waals surface area contributed by atoms with E-state index in [4.69, 9.17) is 0 Å². The summed E-state index contributed by atoms with van der Waals surface area (Å²) in [5, 5.41) is 12.2. The maximum Gasteiger partial charge on any atom is 0.251 e. The third-order valence-corrected chi connectivity index (χ3v) is 3.79. The monoisotopic (exact) mass is 330 g/mol. The van der Waals surface area contributed by atoms with Crippen LogP contribution in [0.1, 0.15) is 26.7 Å². The first-order valence-electron chi connectivity index (χ1n) is 6.24. The SMILES string of the molecule is CCC(CC)(CO)NC(=O)Cn1cc(Br)ccc1=O. The van der Waals surface area contributed by atoms with Crippen LogP contribution in [-0.4, -0.2) is 27.7 Å². The molecule has 0 radical (unpaired) electrons. The third-order valence-electron chi connectivity index (χ3n) is 3.32. The van der Waals surface area contributed by atoms with Crippen molar-refractivity contribution in [2.75, 3.05) is 6.61 Å². The van der Waals surface area contributed by atoms with Crippen LogP contribution in [0.2, 0.25) is 0 Å². The molecule has 0 aromatic carbocycles. The number of aromatic nitrogens is 1. The molecule has 6 heteroatoms. The van der Waals surface area contributed by atoms with E-state index in [9.17, 15) is 14.7 Å². The molecule has 19 heavy (non-hydrogen) atoms. The Morgan fingerprint density at radius 2 is 2.05 bits per heavy atom. The number of carbonyl (C=O) groups is 1. The van der Waals surface area contributed by atoms with Crippen LogP contribution < -0.4 is 10.9 Å². The fourth-order valence-corrected chi connectivity index (χ4v) is 2.18. The molecule has 1 aromatic rings. The predicted octanol–water partition coefficient (Wildman–Crippen LogP) is 1.28. The molecular weight excluding hydrogens is 312 g/mol. The summed E-state index contributed by atoms with van der Waals surface area (Å²) < 4.78 is 2.06. The second-order valence-corrected chi connectivity index (χ2v) is 5.42. The molecule has 0 spiro atoms. The van der Waals surface area contributed by atoms with Gasteiger partial charge in [-0.3, -0.25) is 9.59 Å². The standard InChI is InChI=1S/C13H19BrN2O3/c1-3-13(4-2,9-17)15-11(18)8-16-7-10(14)5-6-12(16)19/h5-7,17H,3-4,8-9H2,1-2H3,(H,15,18). The van der Waals surface area contributed by atoms with Crippen LogP contribution in [0, 0.1) is 0 Å². The van der Waals surface area contributed by atoms with E-state index in [0.717, 1.165) is 4.47 Å². The van der Waals surface area contributed by atoms with Gasteiger partial charge in [0.2, 0.25) is 5.91 Å². The number of aliphatic hydroxyl groups is 1. The molecule has 1 aromatic heterocycles. The minimum atomic E-state index is -0.604. The van der Waals surface area contributed by atoms with Crippen molar-refractivity contribution >= 4 is 21.8 Å². The molecule has 0 fully saturated rings. The maximum absolute atomic E-state index is 12.0. The number of rotatable bonds is 6. The summed E-state index contributed by atoms with van der Waals surface area (Å²) in [7, 11) is 0. The third kappa shape index (κ3) is 4.18. The lowest BCUT2D eigenvalue weighted by Crippen LogP contribution is -2.51. The molecule has 1 rings (SSSR count). The van der Waals surface area contributed by atoms with Gasteiger partial charge in [0.15, 0.2) is 0 Å². The Balaban J connectivity index is 2.80. The number of hydrogen-bond acceptors (Lipinski definition) is 3. The summed E-state index contributed by atoms with van der Waals surface area (Å²) in [5.41, 5.74) is -0.840. The molecule has 5 nitrogen and oxygen atoms in total. The van der Waals surface area contributed by atoms with E-state index in [-0.39, 0.29) is 24.6 Å². The lowest BCUT2D eigenvalue weighted by Gasteiger charge is -2.30. The van der Waals surface area contributed by atoms with Gasteiger partial charge >= 0.3 is 0 Å². The number of halogens is 1. The molecule has 106 valence electrons. The first-order valence-corrected chi connectivity index (χ1v) is 7.03. The summed E-state index contributed by atoms with van der Waals surface area (Å²) >= 11 is 3.26. The number of amides is 1. The van der Waals surface area contributed by atoms with Gasteiger partial charge in [0.05, 0.1) is 12.1 Å². The van der Waals surface area contributed by atoms with Crippen LogP contribution >= 0.6 is 15.9 Å². The van der Waals surface area contributed by atoms with Crippen LogP contribution in [0.15, 0.2) is 27.6 Å². The zero-order valence-electron chi connectivity index (χ0n) is 11.1. The van der Waals surface area contributed by atoms with Gasteiger partial charge in [-0.15, -0.1) is 0 Å². The number of carbonyl (C=O) groups excluding carboxylic acids is 1. The highest BCUT2D eigenvalue weighted by Gasteiger charge is 2.27. The van der Waals surface area contributed by atoms with E-state index in [0.29, 0.717) is 12.8 Å². The smallest absolute Gasteiger partial charge is 0.251 e. The maximum atomic E-state index is 12.0. The number of aliphatic hydroxyl groups excluding tert-OH is 1. The molecule has 0 bridgehead atoms. The minimum Gasteiger partial charge on any atom is -0.394 e. The zero-order chi connectivity index (χ0) is 14.5. The molecule has 0 unspecified atom stereocenters. The van der Waals surface area contributed by atoms with E-state index < -0.39 is 5.54 Å². The molecule has 1 heterocycles. The van der Waals surface area contributed by atoms with E-state index in [1.807, 2.05) is 13.8 Å².